The Hall–Kier alpha value is -2.36. The van der Waals surface area contributed by atoms with E-state index in [0.29, 0.717) is 12.1 Å². The zero-order chi connectivity index (χ0) is 13.9. The molecule has 1 heterocycles. The summed E-state index contributed by atoms with van der Waals surface area (Å²) < 4.78 is 13.3. The first-order valence-electron chi connectivity index (χ1n) is 6.66. The van der Waals surface area contributed by atoms with Crippen LogP contribution in [0.15, 0.2) is 48.5 Å². The number of nitrogens with one attached hydrogen (secondary N) is 1. The van der Waals surface area contributed by atoms with Gasteiger partial charge in [0.25, 0.3) is 5.91 Å². The van der Waals surface area contributed by atoms with Gasteiger partial charge in [-0.3, -0.25) is 4.79 Å². The van der Waals surface area contributed by atoms with Crippen molar-refractivity contribution in [1.29, 1.82) is 0 Å². The third-order valence-corrected chi connectivity index (χ3v) is 3.39. The van der Waals surface area contributed by atoms with E-state index in [1.54, 1.807) is 17.0 Å². The van der Waals surface area contributed by atoms with E-state index in [-0.39, 0.29) is 5.91 Å². The van der Waals surface area contributed by atoms with Gasteiger partial charge in [-0.2, -0.15) is 0 Å². The van der Waals surface area contributed by atoms with Crippen molar-refractivity contribution in [3.8, 4) is 0 Å². The molecule has 1 aliphatic heterocycles. The molecule has 3 rings (SSSR count). The van der Waals surface area contributed by atoms with E-state index < -0.39 is 5.82 Å². The van der Waals surface area contributed by atoms with Gasteiger partial charge in [-0.05, 0) is 36.8 Å². The van der Waals surface area contributed by atoms with Gasteiger partial charge in [0.15, 0.2) is 0 Å². The van der Waals surface area contributed by atoms with Crippen molar-refractivity contribution >= 4 is 17.3 Å². The molecule has 0 radical (unpaired) electrons. The molecule has 0 spiro atoms. The molecule has 0 fully saturated rings. The van der Waals surface area contributed by atoms with Crippen molar-refractivity contribution < 1.29 is 9.18 Å². The van der Waals surface area contributed by atoms with E-state index in [4.69, 9.17) is 0 Å². The molecule has 4 heteroatoms. The molecule has 102 valence electrons. The maximum absolute atomic E-state index is 13.3. The van der Waals surface area contributed by atoms with Crippen LogP contribution in [-0.4, -0.2) is 19.0 Å². The molecule has 0 aliphatic carbocycles. The lowest BCUT2D eigenvalue weighted by molar-refractivity contribution is 0.0987. The Balaban J connectivity index is 1.99. The summed E-state index contributed by atoms with van der Waals surface area (Å²) in [5.74, 6) is -0.558. The molecular weight excluding hydrogens is 255 g/mol. The molecule has 20 heavy (non-hydrogen) atoms. The van der Waals surface area contributed by atoms with Crippen LogP contribution in [-0.2, 0) is 0 Å². The molecule has 2 aromatic rings. The van der Waals surface area contributed by atoms with Crippen molar-refractivity contribution in [2.75, 3.05) is 23.3 Å². The lowest BCUT2D eigenvalue weighted by Crippen LogP contribution is -2.31. The molecule has 0 atom stereocenters. The number of carbonyl (C=O) groups excluding carboxylic acids is 1. The molecular formula is C16H15FN2O. The number of rotatable bonds is 1. The van der Waals surface area contributed by atoms with Crippen LogP contribution in [0.2, 0.25) is 0 Å². The molecule has 0 saturated carbocycles. The number of hydrogen-bond acceptors (Lipinski definition) is 2. The summed E-state index contributed by atoms with van der Waals surface area (Å²) in [6.07, 6.45) is 0.857. The van der Waals surface area contributed by atoms with E-state index in [9.17, 15) is 9.18 Å². The summed E-state index contributed by atoms with van der Waals surface area (Å²) in [6, 6.07) is 13.5. The van der Waals surface area contributed by atoms with Crippen molar-refractivity contribution in [2.45, 2.75) is 6.42 Å². The maximum Gasteiger partial charge on any atom is 0.258 e. The van der Waals surface area contributed by atoms with Crippen LogP contribution in [0.4, 0.5) is 15.8 Å². The highest BCUT2D eigenvalue weighted by atomic mass is 19.1. The zero-order valence-electron chi connectivity index (χ0n) is 11.0. The number of hydrogen-bond donors (Lipinski definition) is 1. The normalized spacial score (nSPS) is 14.2. The average Bonchev–Trinajstić information content (AvgIpc) is 2.69. The van der Waals surface area contributed by atoms with Crippen LogP contribution in [0.25, 0.3) is 0 Å². The van der Waals surface area contributed by atoms with Crippen molar-refractivity contribution in [1.82, 2.24) is 0 Å². The SMILES string of the molecule is O=C(c1cccc(F)c1)N1CCCNc2ccccc21. The quantitative estimate of drug-likeness (QED) is 0.862. The Kier molecular flexibility index (Phi) is 3.37. The smallest absolute Gasteiger partial charge is 0.258 e. The summed E-state index contributed by atoms with van der Waals surface area (Å²) in [5.41, 5.74) is 2.16. The molecule has 2 aromatic carbocycles. The number of anilines is 2. The first kappa shape index (κ1) is 12.7. The van der Waals surface area contributed by atoms with Crippen LogP contribution in [0.3, 0.4) is 0 Å². The molecule has 1 amide bonds. The van der Waals surface area contributed by atoms with Gasteiger partial charge in [0.05, 0.1) is 11.4 Å². The monoisotopic (exact) mass is 270 g/mol. The third kappa shape index (κ3) is 2.37. The number of fused-ring (bicyclic) bond motifs is 1. The van der Waals surface area contributed by atoms with E-state index in [2.05, 4.69) is 5.32 Å². The van der Waals surface area contributed by atoms with Gasteiger partial charge in [-0.25, -0.2) is 4.39 Å². The highest BCUT2D eigenvalue weighted by Gasteiger charge is 2.22. The molecule has 0 unspecified atom stereocenters. The Morgan fingerprint density at radius 1 is 1.15 bits per heavy atom. The van der Waals surface area contributed by atoms with Gasteiger partial charge in [0, 0.05) is 18.7 Å². The summed E-state index contributed by atoms with van der Waals surface area (Å²) in [4.78, 5) is 14.3. The summed E-state index contributed by atoms with van der Waals surface area (Å²) in [7, 11) is 0. The highest BCUT2D eigenvalue weighted by Crippen LogP contribution is 2.29. The lowest BCUT2D eigenvalue weighted by atomic mass is 10.1. The fourth-order valence-electron chi connectivity index (χ4n) is 2.43. The average molecular weight is 270 g/mol. The fraction of sp³-hybridized carbons (Fsp3) is 0.188. The Morgan fingerprint density at radius 3 is 2.85 bits per heavy atom. The first-order valence-corrected chi connectivity index (χ1v) is 6.66. The summed E-state index contributed by atoms with van der Waals surface area (Å²) in [6.45, 7) is 1.45. The van der Waals surface area contributed by atoms with E-state index in [0.717, 1.165) is 24.3 Å². The molecule has 0 aromatic heterocycles. The second-order valence-electron chi connectivity index (χ2n) is 4.76. The van der Waals surface area contributed by atoms with E-state index in [1.807, 2.05) is 24.3 Å². The zero-order valence-corrected chi connectivity index (χ0v) is 11.0. The third-order valence-electron chi connectivity index (χ3n) is 3.39. The lowest BCUT2D eigenvalue weighted by Gasteiger charge is -2.22. The van der Waals surface area contributed by atoms with Crippen LogP contribution in [0, 0.1) is 5.82 Å². The van der Waals surface area contributed by atoms with Crippen molar-refractivity contribution in [3.63, 3.8) is 0 Å². The van der Waals surface area contributed by atoms with Gasteiger partial charge in [0.1, 0.15) is 5.82 Å². The minimum atomic E-state index is -0.392. The minimum absolute atomic E-state index is 0.166. The number of para-hydroxylation sites is 2. The number of amides is 1. The molecule has 3 nitrogen and oxygen atoms in total. The molecule has 1 aliphatic rings. The Bertz CT molecular complexity index is 642. The van der Waals surface area contributed by atoms with Crippen LogP contribution in [0.1, 0.15) is 16.8 Å². The van der Waals surface area contributed by atoms with E-state index >= 15 is 0 Å². The Labute approximate surface area is 117 Å². The predicted molar refractivity (Wildman–Crippen MR) is 77.6 cm³/mol. The van der Waals surface area contributed by atoms with Gasteiger partial charge < -0.3 is 10.2 Å². The Morgan fingerprint density at radius 2 is 2.00 bits per heavy atom. The van der Waals surface area contributed by atoms with Crippen LogP contribution in [0.5, 0.6) is 0 Å². The number of benzene rings is 2. The summed E-state index contributed by atoms with van der Waals surface area (Å²) in [5, 5.41) is 3.30. The van der Waals surface area contributed by atoms with Crippen molar-refractivity contribution in [3.05, 3.63) is 59.9 Å². The minimum Gasteiger partial charge on any atom is -0.383 e. The highest BCUT2D eigenvalue weighted by molar-refractivity contribution is 6.07. The maximum atomic E-state index is 13.3. The second-order valence-corrected chi connectivity index (χ2v) is 4.76. The number of halogens is 1. The first-order chi connectivity index (χ1) is 9.75. The predicted octanol–water partition coefficient (Wildman–Crippen LogP) is 3.29. The summed E-state index contributed by atoms with van der Waals surface area (Å²) >= 11 is 0. The number of carbonyl (C=O) groups is 1. The largest absolute Gasteiger partial charge is 0.383 e. The van der Waals surface area contributed by atoms with Gasteiger partial charge in [-0.1, -0.05) is 18.2 Å². The van der Waals surface area contributed by atoms with Crippen LogP contribution >= 0.6 is 0 Å². The molecule has 0 bridgehead atoms. The number of nitrogens with zero attached hydrogens (tertiary/aromatic N) is 1. The fourth-order valence-corrected chi connectivity index (χ4v) is 2.43. The van der Waals surface area contributed by atoms with Gasteiger partial charge in [-0.15, -0.1) is 0 Å². The van der Waals surface area contributed by atoms with Gasteiger partial charge >= 0.3 is 0 Å². The topological polar surface area (TPSA) is 32.3 Å². The van der Waals surface area contributed by atoms with Crippen molar-refractivity contribution in [2.24, 2.45) is 0 Å². The van der Waals surface area contributed by atoms with Crippen LogP contribution < -0.4 is 10.2 Å². The van der Waals surface area contributed by atoms with E-state index in [1.165, 1.54) is 12.1 Å². The standard InChI is InChI=1S/C16H15FN2O/c17-13-6-3-5-12(11-13)16(20)19-10-4-9-18-14-7-1-2-8-15(14)19/h1-3,5-8,11,18H,4,9-10H2. The molecule has 1 N–H and O–H groups in total. The van der Waals surface area contributed by atoms with Gasteiger partial charge in [0.2, 0.25) is 0 Å². The second kappa shape index (κ2) is 5.33. The molecule has 0 saturated heterocycles.